The molecule has 0 aromatic heterocycles. The second-order valence-corrected chi connectivity index (χ2v) is 6.16. The Hall–Kier alpha value is -1.51. The molecular formula is C11H15N3O3S2. The average molecular weight is 301 g/mol. The van der Waals surface area contributed by atoms with Crippen molar-refractivity contribution in [2.24, 2.45) is 11.5 Å². The molecule has 0 aliphatic heterocycles. The quantitative estimate of drug-likeness (QED) is 0.709. The van der Waals surface area contributed by atoms with Gasteiger partial charge in [0.2, 0.25) is 15.9 Å². The first kappa shape index (κ1) is 15.5. The zero-order valence-corrected chi connectivity index (χ0v) is 12.0. The molecule has 0 aliphatic carbocycles. The molecular weight excluding hydrogens is 286 g/mol. The molecule has 0 heterocycles. The van der Waals surface area contributed by atoms with Crippen molar-refractivity contribution < 1.29 is 13.2 Å². The van der Waals surface area contributed by atoms with Crippen molar-refractivity contribution in [2.45, 2.75) is 11.8 Å². The van der Waals surface area contributed by atoms with Gasteiger partial charge in [0.05, 0.1) is 11.4 Å². The van der Waals surface area contributed by atoms with Gasteiger partial charge in [0.25, 0.3) is 0 Å². The molecule has 0 fully saturated rings. The third-order valence-electron chi connectivity index (χ3n) is 2.46. The molecule has 0 unspecified atom stereocenters. The summed E-state index contributed by atoms with van der Waals surface area (Å²) < 4.78 is 25.5. The highest BCUT2D eigenvalue weighted by Crippen LogP contribution is 2.16. The van der Waals surface area contributed by atoms with Gasteiger partial charge in [0.15, 0.2) is 0 Å². The standard InChI is InChI=1S/C11H15N3O3S2/c1-2-14(7-10(12)15)19(16,17)9-5-3-8(4-6-9)11(13)18/h3-6H,2,7H2,1H3,(H2,12,15)(H2,13,18). The molecule has 19 heavy (non-hydrogen) atoms. The molecule has 0 bridgehead atoms. The van der Waals surface area contributed by atoms with Crippen LogP contribution in [-0.2, 0) is 14.8 Å². The van der Waals surface area contributed by atoms with Crippen LogP contribution in [0.5, 0.6) is 0 Å². The van der Waals surface area contributed by atoms with Crippen molar-refractivity contribution in [1.29, 1.82) is 0 Å². The summed E-state index contributed by atoms with van der Waals surface area (Å²) in [4.78, 5) is 11.1. The van der Waals surface area contributed by atoms with E-state index in [2.05, 4.69) is 0 Å². The normalized spacial score (nSPS) is 11.5. The molecule has 4 N–H and O–H groups in total. The summed E-state index contributed by atoms with van der Waals surface area (Å²) in [5.74, 6) is -0.704. The van der Waals surface area contributed by atoms with Gasteiger partial charge < -0.3 is 11.5 Å². The third-order valence-corrected chi connectivity index (χ3v) is 4.63. The van der Waals surface area contributed by atoms with Crippen molar-refractivity contribution in [3.05, 3.63) is 29.8 Å². The Morgan fingerprint density at radius 2 is 1.79 bits per heavy atom. The van der Waals surface area contributed by atoms with E-state index in [9.17, 15) is 13.2 Å². The van der Waals surface area contributed by atoms with Gasteiger partial charge in [0, 0.05) is 12.1 Å². The molecule has 0 aliphatic rings. The molecule has 0 spiro atoms. The smallest absolute Gasteiger partial charge is 0.243 e. The minimum Gasteiger partial charge on any atom is -0.389 e. The molecule has 1 aromatic carbocycles. The van der Waals surface area contributed by atoms with Crippen LogP contribution < -0.4 is 11.5 Å². The number of benzene rings is 1. The number of thiocarbonyl (C=S) groups is 1. The number of amides is 1. The minimum absolute atomic E-state index is 0.0654. The lowest BCUT2D eigenvalue weighted by Gasteiger charge is -2.18. The number of carbonyl (C=O) groups excluding carboxylic acids is 1. The van der Waals surface area contributed by atoms with E-state index in [1.807, 2.05) is 0 Å². The highest BCUT2D eigenvalue weighted by atomic mass is 32.2. The van der Waals surface area contributed by atoms with Gasteiger partial charge in [-0.1, -0.05) is 31.3 Å². The monoisotopic (exact) mass is 301 g/mol. The van der Waals surface area contributed by atoms with E-state index in [4.69, 9.17) is 23.7 Å². The van der Waals surface area contributed by atoms with E-state index in [0.29, 0.717) is 5.56 Å². The average Bonchev–Trinajstić information content (AvgIpc) is 2.35. The summed E-state index contributed by atoms with van der Waals surface area (Å²) in [5.41, 5.74) is 11.0. The molecule has 6 nitrogen and oxygen atoms in total. The maximum atomic E-state index is 12.2. The number of carbonyl (C=O) groups is 1. The lowest BCUT2D eigenvalue weighted by molar-refractivity contribution is -0.118. The zero-order chi connectivity index (χ0) is 14.6. The van der Waals surface area contributed by atoms with E-state index in [1.165, 1.54) is 24.3 Å². The summed E-state index contributed by atoms with van der Waals surface area (Å²) in [6.45, 7) is 1.43. The fourth-order valence-electron chi connectivity index (χ4n) is 1.48. The number of likely N-dealkylation sites (N-methyl/N-ethyl adjacent to an activating group) is 1. The first-order valence-electron chi connectivity index (χ1n) is 5.47. The fourth-order valence-corrected chi connectivity index (χ4v) is 3.03. The molecule has 8 heteroatoms. The van der Waals surface area contributed by atoms with Crippen LogP contribution in [0.25, 0.3) is 0 Å². The maximum absolute atomic E-state index is 12.2. The van der Waals surface area contributed by atoms with Crippen LogP contribution in [0.15, 0.2) is 29.2 Å². The first-order valence-corrected chi connectivity index (χ1v) is 7.32. The molecule has 0 saturated carbocycles. The summed E-state index contributed by atoms with van der Waals surface area (Å²) in [6.07, 6.45) is 0. The highest BCUT2D eigenvalue weighted by Gasteiger charge is 2.24. The molecule has 1 aromatic rings. The molecule has 0 radical (unpaired) electrons. The van der Waals surface area contributed by atoms with Gasteiger partial charge in [-0.3, -0.25) is 4.79 Å². The van der Waals surface area contributed by atoms with Gasteiger partial charge in [-0.05, 0) is 12.1 Å². The summed E-state index contributed by atoms with van der Waals surface area (Å²) in [7, 11) is -3.74. The van der Waals surface area contributed by atoms with E-state index in [-0.39, 0.29) is 23.0 Å². The van der Waals surface area contributed by atoms with Crippen molar-refractivity contribution in [3.8, 4) is 0 Å². The summed E-state index contributed by atoms with van der Waals surface area (Å²) in [6, 6.07) is 5.83. The van der Waals surface area contributed by atoms with E-state index >= 15 is 0 Å². The Kier molecular flexibility index (Phi) is 4.98. The minimum atomic E-state index is -3.74. The number of rotatable bonds is 6. The van der Waals surface area contributed by atoms with Crippen molar-refractivity contribution in [3.63, 3.8) is 0 Å². The van der Waals surface area contributed by atoms with Crippen molar-refractivity contribution >= 4 is 33.1 Å². The molecule has 0 atom stereocenters. The Morgan fingerprint density at radius 1 is 1.26 bits per heavy atom. The third kappa shape index (κ3) is 3.72. The Morgan fingerprint density at radius 3 is 2.16 bits per heavy atom. The van der Waals surface area contributed by atoms with Gasteiger partial charge in [-0.15, -0.1) is 0 Å². The Balaban J connectivity index is 3.11. The predicted octanol–water partition coefficient (Wildman–Crippen LogP) is -0.183. The molecule has 0 saturated heterocycles. The summed E-state index contributed by atoms with van der Waals surface area (Å²) in [5, 5.41) is 0. The van der Waals surface area contributed by atoms with Crippen LogP contribution in [0.2, 0.25) is 0 Å². The molecule has 1 rings (SSSR count). The maximum Gasteiger partial charge on any atom is 0.243 e. The number of nitrogens with zero attached hydrogens (tertiary/aromatic N) is 1. The van der Waals surface area contributed by atoms with Gasteiger partial charge >= 0.3 is 0 Å². The van der Waals surface area contributed by atoms with Crippen molar-refractivity contribution in [1.82, 2.24) is 4.31 Å². The highest BCUT2D eigenvalue weighted by molar-refractivity contribution is 7.89. The molecule has 1 amide bonds. The van der Waals surface area contributed by atoms with Gasteiger partial charge in [0.1, 0.15) is 4.99 Å². The Labute approximate surface area is 117 Å². The second kappa shape index (κ2) is 6.09. The second-order valence-electron chi connectivity index (χ2n) is 3.79. The largest absolute Gasteiger partial charge is 0.389 e. The van der Waals surface area contributed by atoms with Gasteiger partial charge in [-0.2, -0.15) is 4.31 Å². The lowest BCUT2D eigenvalue weighted by Crippen LogP contribution is -2.38. The van der Waals surface area contributed by atoms with Gasteiger partial charge in [-0.25, -0.2) is 8.42 Å². The number of primary amides is 1. The van der Waals surface area contributed by atoms with E-state index in [0.717, 1.165) is 4.31 Å². The number of nitrogens with two attached hydrogens (primary N) is 2. The van der Waals surface area contributed by atoms with E-state index < -0.39 is 15.9 Å². The number of sulfonamides is 1. The lowest BCUT2D eigenvalue weighted by atomic mass is 10.2. The van der Waals surface area contributed by atoms with Crippen LogP contribution in [-0.4, -0.2) is 36.7 Å². The number of hydrogen-bond donors (Lipinski definition) is 2. The predicted molar refractivity (Wildman–Crippen MR) is 76.0 cm³/mol. The van der Waals surface area contributed by atoms with Crippen molar-refractivity contribution in [2.75, 3.05) is 13.1 Å². The Bertz CT molecular complexity index is 582. The summed E-state index contributed by atoms with van der Waals surface area (Å²) >= 11 is 4.79. The number of hydrogen-bond acceptors (Lipinski definition) is 4. The van der Waals surface area contributed by atoms with E-state index in [1.54, 1.807) is 6.92 Å². The van der Waals surface area contributed by atoms with Crippen LogP contribution in [0.3, 0.4) is 0 Å². The topological polar surface area (TPSA) is 106 Å². The van der Waals surface area contributed by atoms with Crippen LogP contribution in [0, 0.1) is 0 Å². The SMILES string of the molecule is CCN(CC(N)=O)S(=O)(=O)c1ccc(C(N)=S)cc1. The first-order chi connectivity index (χ1) is 8.78. The van der Waals surface area contributed by atoms with Crippen LogP contribution in [0.1, 0.15) is 12.5 Å². The van der Waals surface area contributed by atoms with Crippen LogP contribution >= 0.6 is 12.2 Å². The van der Waals surface area contributed by atoms with Crippen LogP contribution in [0.4, 0.5) is 0 Å². The fraction of sp³-hybridized carbons (Fsp3) is 0.273. The zero-order valence-electron chi connectivity index (χ0n) is 10.4. The molecule has 104 valence electrons.